The van der Waals surface area contributed by atoms with Crippen molar-refractivity contribution in [3.05, 3.63) is 83.6 Å². The van der Waals surface area contributed by atoms with Crippen molar-refractivity contribution in [3.8, 4) is 5.92 Å². The molecular formula is C21H23N2Zr. The van der Waals surface area contributed by atoms with Gasteiger partial charge >= 0.3 is 26.2 Å². The van der Waals surface area contributed by atoms with E-state index in [1.165, 1.54) is 0 Å². The fourth-order valence-corrected chi connectivity index (χ4v) is 2.28. The van der Waals surface area contributed by atoms with E-state index >= 15 is 0 Å². The second kappa shape index (κ2) is 11.8. The summed E-state index contributed by atoms with van der Waals surface area (Å²) in [6.07, 6.45) is 6.69. The van der Waals surface area contributed by atoms with Crippen molar-refractivity contribution < 1.29 is 26.2 Å². The molecule has 0 saturated heterocycles. The third kappa shape index (κ3) is 7.28. The number of nitrogens with zero attached hydrogens (tertiary/aromatic N) is 2. The first-order valence-electron chi connectivity index (χ1n) is 7.76. The Morgan fingerprint density at radius 1 is 1.00 bits per heavy atom. The van der Waals surface area contributed by atoms with Crippen LogP contribution in [0.15, 0.2) is 54.6 Å². The minimum absolute atomic E-state index is 0. The fourth-order valence-electron chi connectivity index (χ4n) is 2.28. The van der Waals surface area contributed by atoms with Gasteiger partial charge in [-0.25, -0.2) is 0 Å². The molecule has 2 nitrogen and oxygen atoms in total. The van der Waals surface area contributed by atoms with Crippen LogP contribution in [0.1, 0.15) is 38.8 Å². The number of rotatable bonds is 3. The summed E-state index contributed by atoms with van der Waals surface area (Å²) in [5, 5.41) is 10.1. The predicted octanol–water partition coefficient (Wildman–Crippen LogP) is 4.54. The van der Waals surface area contributed by atoms with Crippen LogP contribution >= 0.6 is 0 Å². The van der Waals surface area contributed by atoms with Crippen molar-refractivity contribution in [1.82, 2.24) is 4.90 Å². The van der Waals surface area contributed by atoms with Crippen molar-refractivity contribution in [1.29, 1.82) is 0 Å². The van der Waals surface area contributed by atoms with Gasteiger partial charge in [0.15, 0.2) is 0 Å². The summed E-state index contributed by atoms with van der Waals surface area (Å²) in [6.45, 7) is 8.27. The minimum Gasteiger partial charge on any atom is -0.521 e. The molecule has 3 heteroatoms. The molecular weight excluding hydrogens is 371 g/mol. The predicted molar refractivity (Wildman–Crippen MR) is 97.5 cm³/mol. The molecule has 24 heavy (non-hydrogen) atoms. The topological polar surface area (TPSA) is 25.5 Å². The first-order chi connectivity index (χ1) is 11.0. The second-order valence-corrected chi connectivity index (χ2v) is 5.69. The van der Waals surface area contributed by atoms with E-state index in [1.807, 2.05) is 59.5 Å². The van der Waals surface area contributed by atoms with Gasteiger partial charge in [-0.3, -0.25) is 5.92 Å². The van der Waals surface area contributed by atoms with E-state index in [4.69, 9.17) is 6.42 Å². The third-order valence-corrected chi connectivity index (χ3v) is 3.23. The Morgan fingerprint density at radius 2 is 1.54 bits per heavy atom. The summed E-state index contributed by atoms with van der Waals surface area (Å²) in [4.78, 5) is 1.98. The quantitative estimate of drug-likeness (QED) is 0.325. The second-order valence-electron chi connectivity index (χ2n) is 5.69. The molecule has 1 radical (unpaired) electrons. The van der Waals surface area contributed by atoms with Gasteiger partial charge in [-0.15, -0.1) is 48.0 Å². The summed E-state index contributed by atoms with van der Waals surface area (Å²) in [5.74, 6) is 2.58. The van der Waals surface area contributed by atoms with Crippen molar-refractivity contribution in [2.24, 2.45) is 0 Å². The SMILES string of the molecule is CC(C)N(C(=[N-])c1[c-]cccc1)C(C)C.[C-]#Cc1ccccc1.[Zr+3]. The van der Waals surface area contributed by atoms with E-state index < -0.39 is 0 Å². The number of benzene rings is 2. The van der Waals surface area contributed by atoms with Crippen LogP contribution in [-0.4, -0.2) is 22.8 Å². The maximum Gasteiger partial charge on any atom is 3.00 e. The zero-order valence-electron chi connectivity index (χ0n) is 14.7. The molecule has 2 aromatic rings. The van der Waals surface area contributed by atoms with Gasteiger partial charge < -0.3 is 16.7 Å². The van der Waals surface area contributed by atoms with Crippen LogP contribution in [0, 0.1) is 18.4 Å². The summed E-state index contributed by atoms with van der Waals surface area (Å²) in [5.41, 5.74) is 1.58. The van der Waals surface area contributed by atoms with Gasteiger partial charge in [-0.2, -0.15) is 11.4 Å². The Bertz CT molecular complexity index is 620. The zero-order valence-corrected chi connectivity index (χ0v) is 17.2. The average molecular weight is 395 g/mol. The summed E-state index contributed by atoms with van der Waals surface area (Å²) < 4.78 is 0. The molecule has 0 fully saturated rings. The number of hydrogen-bond donors (Lipinski definition) is 0. The molecule has 0 bridgehead atoms. The van der Waals surface area contributed by atoms with Crippen molar-refractivity contribution in [2.75, 3.05) is 0 Å². The first-order valence-corrected chi connectivity index (χ1v) is 7.76. The standard InChI is InChI=1S/C13H18N2.C8H5.Zr/c1-10(2)15(11(3)4)13(14)12-8-6-5-7-9-12;1-2-8-6-4-3-5-7-8;/h5-8,10-11H,1-4H3;3-7H;/q-2;-1;+3. The van der Waals surface area contributed by atoms with Gasteiger partial charge in [0, 0.05) is 0 Å². The normalized spacial score (nSPS) is 9.38. The van der Waals surface area contributed by atoms with E-state index in [2.05, 4.69) is 39.7 Å². The molecule has 0 saturated carbocycles. The van der Waals surface area contributed by atoms with Crippen molar-refractivity contribution in [2.45, 2.75) is 39.8 Å². The molecule has 0 aliphatic rings. The third-order valence-electron chi connectivity index (χ3n) is 3.23. The van der Waals surface area contributed by atoms with Crippen LogP contribution in [0.4, 0.5) is 0 Å². The fraction of sp³-hybridized carbons (Fsp3) is 0.286. The summed E-state index contributed by atoms with van der Waals surface area (Å²) >= 11 is 0. The van der Waals surface area contributed by atoms with Gasteiger partial charge in [-0.1, -0.05) is 58.0 Å². The molecule has 2 rings (SSSR count). The Labute approximate surface area is 165 Å². The van der Waals surface area contributed by atoms with Gasteiger partial charge in [0.2, 0.25) is 0 Å². The number of amidine groups is 1. The molecule has 121 valence electrons. The van der Waals surface area contributed by atoms with Crippen LogP contribution in [0.3, 0.4) is 0 Å². The van der Waals surface area contributed by atoms with E-state index in [9.17, 15) is 5.41 Å². The molecule has 0 heterocycles. The van der Waals surface area contributed by atoms with E-state index in [1.54, 1.807) is 0 Å². The largest absolute Gasteiger partial charge is 3.00 e. The molecule has 0 unspecified atom stereocenters. The van der Waals surface area contributed by atoms with Crippen LogP contribution in [0.5, 0.6) is 0 Å². The molecule has 2 aromatic carbocycles. The molecule has 0 aliphatic heterocycles. The van der Waals surface area contributed by atoms with Crippen molar-refractivity contribution in [3.63, 3.8) is 0 Å². The van der Waals surface area contributed by atoms with Crippen LogP contribution in [-0.2, 0) is 26.2 Å². The molecule has 0 aliphatic carbocycles. The first kappa shape index (κ1) is 22.4. The van der Waals surface area contributed by atoms with Crippen LogP contribution in [0.2, 0.25) is 0 Å². The summed E-state index contributed by atoms with van der Waals surface area (Å²) in [6, 6.07) is 20.4. The maximum atomic E-state index is 10.1. The van der Waals surface area contributed by atoms with E-state index in [0.29, 0.717) is 5.84 Å². The number of hydrogen-bond acceptors (Lipinski definition) is 0. The smallest absolute Gasteiger partial charge is 0.521 e. The van der Waals surface area contributed by atoms with Crippen molar-refractivity contribution >= 4 is 5.84 Å². The molecule has 0 aromatic heterocycles. The monoisotopic (exact) mass is 393 g/mol. The van der Waals surface area contributed by atoms with Gasteiger partial charge in [0.05, 0.1) is 0 Å². The average Bonchev–Trinajstić information content (AvgIpc) is 2.56. The Morgan fingerprint density at radius 3 is 1.92 bits per heavy atom. The van der Waals surface area contributed by atoms with Crippen LogP contribution < -0.4 is 0 Å². The molecule has 0 atom stereocenters. The summed E-state index contributed by atoms with van der Waals surface area (Å²) in [7, 11) is 0. The molecule has 0 amide bonds. The van der Waals surface area contributed by atoms with E-state index in [0.717, 1.165) is 11.1 Å². The Kier molecular flexibility index (Phi) is 11.0. The van der Waals surface area contributed by atoms with Gasteiger partial charge in [0.1, 0.15) is 0 Å². The maximum absolute atomic E-state index is 10.1. The minimum atomic E-state index is 0. The van der Waals surface area contributed by atoms with Gasteiger partial charge in [-0.05, 0) is 0 Å². The Hall–Kier alpha value is -1.65. The van der Waals surface area contributed by atoms with Gasteiger partial charge in [0.25, 0.3) is 0 Å². The van der Waals surface area contributed by atoms with E-state index in [-0.39, 0.29) is 38.3 Å². The van der Waals surface area contributed by atoms with Crippen LogP contribution in [0.25, 0.3) is 5.41 Å². The molecule has 0 spiro atoms. The Balaban J connectivity index is 0.000000498. The molecule has 0 N–H and O–H groups in total. The zero-order chi connectivity index (χ0) is 17.2.